The van der Waals surface area contributed by atoms with E-state index >= 15 is 0 Å². The van der Waals surface area contributed by atoms with Crippen molar-refractivity contribution in [1.82, 2.24) is 9.97 Å². The number of hydrogen-bond donors (Lipinski definition) is 3. The Bertz CT molecular complexity index is 1370. The minimum absolute atomic E-state index is 0.0679. The molecule has 0 spiro atoms. The van der Waals surface area contributed by atoms with E-state index in [0.717, 1.165) is 0 Å². The Balaban J connectivity index is 1.38. The van der Waals surface area contributed by atoms with Crippen molar-refractivity contribution in [3.63, 3.8) is 0 Å². The van der Waals surface area contributed by atoms with Crippen LogP contribution in [0.25, 0.3) is 0 Å². The van der Waals surface area contributed by atoms with Gasteiger partial charge in [0.1, 0.15) is 5.82 Å². The average molecular weight is 587 g/mol. The number of aliphatic hydroxyl groups is 1. The number of carbonyl (C=O) groups is 1. The number of nitrogens with one attached hydrogen (secondary N) is 2. The summed E-state index contributed by atoms with van der Waals surface area (Å²) in [6, 6.07) is 5.76. The number of amides is 1. The molecule has 1 aromatic carbocycles. The Morgan fingerprint density at radius 1 is 1.12 bits per heavy atom. The lowest BCUT2D eigenvalue weighted by Crippen LogP contribution is -2.40. The topological polar surface area (TPSA) is 128 Å². The molecule has 2 aliphatic heterocycles. The molecule has 1 amide bonds. The summed E-state index contributed by atoms with van der Waals surface area (Å²) in [5.74, 6) is -3.72. The number of halogens is 4. The Morgan fingerprint density at radius 3 is 2.52 bits per heavy atom. The minimum atomic E-state index is -3.85. The van der Waals surface area contributed by atoms with Crippen LogP contribution in [0, 0.1) is 11.3 Å². The molecule has 218 valence electrons. The van der Waals surface area contributed by atoms with Crippen molar-refractivity contribution >= 4 is 39.1 Å². The molecule has 3 fully saturated rings. The summed E-state index contributed by atoms with van der Waals surface area (Å²) in [7, 11) is -3.85. The van der Waals surface area contributed by atoms with E-state index in [9.17, 15) is 30.8 Å². The van der Waals surface area contributed by atoms with Crippen molar-refractivity contribution in [1.29, 1.82) is 0 Å². The van der Waals surface area contributed by atoms with Crippen molar-refractivity contribution < 1.29 is 35.9 Å². The van der Waals surface area contributed by atoms with Gasteiger partial charge in [-0.15, -0.1) is 0 Å². The number of alkyl halides is 4. The molecule has 3 aliphatic rings. The number of fused-ring (bicyclic) bond motifs is 1. The fraction of sp³-hybridized carbons (Fsp3) is 0.560. The Kier molecular flexibility index (Phi) is 7.54. The SMILES string of the molecule is O=C(Nc1ccnc(N2CCC(F)(F)CC2)n1)c1ccc(NS(=O)(=O)CCO)cc1N1CC[C@@]2(C(F)F)C[C@H]2C1. The van der Waals surface area contributed by atoms with Crippen molar-refractivity contribution in [2.45, 2.75) is 38.0 Å². The van der Waals surface area contributed by atoms with E-state index in [0.29, 0.717) is 12.1 Å². The van der Waals surface area contributed by atoms with Crippen LogP contribution < -0.4 is 19.8 Å². The van der Waals surface area contributed by atoms with Crippen LogP contribution in [0.3, 0.4) is 0 Å². The molecule has 2 saturated heterocycles. The van der Waals surface area contributed by atoms with Crippen molar-refractivity contribution in [2.75, 3.05) is 58.4 Å². The van der Waals surface area contributed by atoms with Crippen LogP contribution in [0.4, 0.5) is 40.7 Å². The second-order valence-electron chi connectivity index (χ2n) is 10.5. The van der Waals surface area contributed by atoms with Gasteiger partial charge in [0.2, 0.25) is 22.4 Å². The number of aliphatic hydroxyl groups excluding tert-OH is 1. The van der Waals surface area contributed by atoms with Crippen LogP contribution in [0.1, 0.15) is 36.0 Å². The van der Waals surface area contributed by atoms with Gasteiger partial charge in [-0.25, -0.2) is 31.0 Å². The zero-order valence-electron chi connectivity index (χ0n) is 21.5. The van der Waals surface area contributed by atoms with E-state index in [2.05, 4.69) is 20.0 Å². The second-order valence-corrected chi connectivity index (χ2v) is 12.4. The normalized spacial score (nSPS) is 24.0. The number of piperidine rings is 2. The first-order valence-electron chi connectivity index (χ1n) is 13.0. The van der Waals surface area contributed by atoms with Crippen molar-refractivity contribution in [3.05, 3.63) is 36.0 Å². The number of carbonyl (C=O) groups excluding carboxylic acids is 1. The Morgan fingerprint density at radius 2 is 1.85 bits per heavy atom. The van der Waals surface area contributed by atoms with Crippen LogP contribution in [0.15, 0.2) is 30.5 Å². The molecule has 0 unspecified atom stereocenters. The highest BCUT2D eigenvalue weighted by molar-refractivity contribution is 7.92. The number of aromatic nitrogens is 2. The molecule has 3 N–H and O–H groups in total. The smallest absolute Gasteiger partial charge is 0.258 e. The van der Waals surface area contributed by atoms with E-state index in [1.807, 2.05) is 0 Å². The molecular weight excluding hydrogens is 556 g/mol. The first-order valence-corrected chi connectivity index (χ1v) is 14.6. The standard InChI is InChI=1S/C25H30F4N6O4S/c26-22(27)24-4-8-35(15-16(24)14-24)19-13-17(33-40(38,39)12-11-36)1-2-18(19)21(37)31-20-3-7-30-23(32-20)34-9-5-25(28,29)6-10-34/h1-3,7,13,16,22,33,36H,4-6,8-12,14-15H2,(H,30,31,32,37)/t16-,24+/m0/s1. The van der Waals surface area contributed by atoms with E-state index in [1.54, 1.807) is 9.80 Å². The van der Waals surface area contributed by atoms with Gasteiger partial charge in [-0.05, 0) is 43.0 Å². The highest BCUT2D eigenvalue weighted by atomic mass is 32.2. The number of benzene rings is 1. The molecule has 40 heavy (non-hydrogen) atoms. The monoisotopic (exact) mass is 586 g/mol. The molecule has 2 atom stereocenters. The molecule has 1 aromatic heterocycles. The van der Waals surface area contributed by atoms with Crippen LogP contribution in [0.2, 0.25) is 0 Å². The average Bonchev–Trinajstić information content (AvgIpc) is 3.64. The van der Waals surface area contributed by atoms with E-state index < -0.39 is 46.1 Å². The molecule has 10 nitrogen and oxygen atoms in total. The van der Waals surface area contributed by atoms with Gasteiger partial charge < -0.3 is 20.2 Å². The zero-order valence-corrected chi connectivity index (χ0v) is 22.3. The zero-order chi connectivity index (χ0) is 28.7. The van der Waals surface area contributed by atoms with Gasteiger partial charge in [0.25, 0.3) is 11.8 Å². The highest BCUT2D eigenvalue weighted by Crippen LogP contribution is 2.61. The summed E-state index contributed by atoms with van der Waals surface area (Å²) in [6.07, 6.45) is -1.05. The molecular formula is C25H30F4N6O4S. The first kappa shape index (κ1) is 28.3. The second kappa shape index (κ2) is 10.7. The summed E-state index contributed by atoms with van der Waals surface area (Å²) < 4.78 is 81.1. The van der Waals surface area contributed by atoms with Gasteiger partial charge >= 0.3 is 0 Å². The van der Waals surface area contributed by atoms with Crippen LogP contribution in [-0.4, -0.2) is 80.3 Å². The van der Waals surface area contributed by atoms with Gasteiger partial charge in [0.05, 0.1) is 29.3 Å². The number of nitrogens with zero attached hydrogens (tertiary/aromatic N) is 4. The molecule has 0 bridgehead atoms. The Labute approximate surface area is 228 Å². The highest BCUT2D eigenvalue weighted by Gasteiger charge is 2.62. The Hall–Kier alpha value is -3.20. The number of rotatable bonds is 9. The fourth-order valence-corrected chi connectivity index (χ4v) is 6.26. The predicted octanol–water partition coefficient (Wildman–Crippen LogP) is 3.18. The lowest BCUT2D eigenvalue weighted by Gasteiger charge is -2.34. The summed E-state index contributed by atoms with van der Waals surface area (Å²) >= 11 is 0. The fourth-order valence-electron chi connectivity index (χ4n) is 5.44. The van der Waals surface area contributed by atoms with Crippen molar-refractivity contribution in [2.24, 2.45) is 11.3 Å². The van der Waals surface area contributed by atoms with Gasteiger partial charge in [-0.3, -0.25) is 9.52 Å². The lowest BCUT2D eigenvalue weighted by molar-refractivity contribution is -0.0222. The summed E-state index contributed by atoms with van der Waals surface area (Å²) in [5, 5.41) is 11.7. The number of sulfonamides is 1. The van der Waals surface area contributed by atoms with Crippen LogP contribution in [-0.2, 0) is 10.0 Å². The lowest BCUT2D eigenvalue weighted by atomic mass is 9.95. The van der Waals surface area contributed by atoms with Crippen LogP contribution in [0.5, 0.6) is 0 Å². The van der Waals surface area contributed by atoms with Gasteiger partial charge in [0.15, 0.2) is 0 Å². The molecule has 1 saturated carbocycles. The summed E-state index contributed by atoms with van der Waals surface area (Å²) in [4.78, 5) is 25.3. The van der Waals surface area contributed by atoms with Gasteiger partial charge in [-0.2, -0.15) is 4.98 Å². The van der Waals surface area contributed by atoms with E-state index in [-0.39, 0.29) is 74.4 Å². The molecule has 1 aliphatic carbocycles. The van der Waals surface area contributed by atoms with Crippen molar-refractivity contribution in [3.8, 4) is 0 Å². The predicted molar refractivity (Wildman–Crippen MR) is 141 cm³/mol. The summed E-state index contributed by atoms with van der Waals surface area (Å²) in [6.45, 7) is 0.101. The molecule has 0 radical (unpaired) electrons. The van der Waals surface area contributed by atoms with E-state index in [4.69, 9.17) is 5.11 Å². The van der Waals surface area contributed by atoms with Gasteiger partial charge in [-0.1, -0.05) is 0 Å². The maximum absolute atomic E-state index is 13.6. The molecule has 5 rings (SSSR count). The molecule has 2 aromatic rings. The van der Waals surface area contributed by atoms with E-state index in [1.165, 1.54) is 30.5 Å². The largest absolute Gasteiger partial charge is 0.395 e. The minimum Gasteiger partial charge on any atom is -0.395 e. The quantitative estimate of drug-likeness (QED) is 0.383. The molecule has 3 heterocycles. The maximum atomic E-state index is 13.6. The third kappa shape index (κ3) is 5.94. The third-order valence-corrected chi connectivity index (χ3v) is 9.15. The summed E-state index contributed by atoms with van der Waals surface area (Å²) in [5.41, 5.74) is -0.306. The third-order valence-electron chi connectivity index (χ3n) is 7.88. The number of anilines is 4. The van der Waals surface area contributed by atoms with Crippen LogP contribution >= 0.6 is 0 Å². The van der Waals surface area contributed by atoms with Gasteiger partial charge in [0, 0.05) is 50.6 Å². The first-order chi connectivity index (χ1) is 18.9. The maximum Gasteiger partial charge on any atom is 0.258 e. The number of hydrogen-bond acceptors (Lipinski definition) is 8. The molecule has 15 heteroatoms.